The molecule has 66 valence electrons. The number of aromatic nitrogens is 2. The Kier molecular flexibility index (Phi) is 2.44. The van der Waals surface area contributed by atoms with Crippen molar-refractivity contribution in [2.45, 2.75) is 13.5 Å². The van der Waals surface area contributed by atoms with Gasteiger partial charge < -0.3 is 14.8 Å². The van der Waals surface area contributed by atoms with Gasteiger partial charge in [0.05, 0.1) is 12.8 Å². The van der Waals surface area contributed by atoms with Crippen molar-refractivity contribution in [3.63, 3.8) is 0 Å². The van der Waals surface area contributed by atoms with Crippen LogP contribution in [0.1, 0.15) is 16.3 Å². The number of carboxylic acid groups (broad SMARTS) is 1. The van der Waals surface area contributed by atoms with E-state index in [-0.39, 0.29) is 18.8 Å². The lowest BCUT2D eigenvalue weighted by atomic mass is 10.4. The van der Waals surface area contributed by atoms with Gasteiger partial charge in [0.15, 0.2) is 0 Å². The first kappa shape index (κ1) is 8.73. The molecule has 0 fully saturated rings. The molecule has 0 atom stereocenters. The highest BCUT2D eigenvalue weighted by molar-refractivity contribution is 5.85. The largest absolute Gasteiger partial charge is 0.477 e. The minimum absolute atomic E-state index is 0.0858. The van der Waals surface area contributed by atoms with Crippen LogP contribution in [0.2, 0.25) is 0 Å². The molecule has 0 bridgehead atoms. The molecule has 0 aliphatic rings. The second-order valence-corrected chi connectivity index (χ2v) is 2.37. The van der Waals surface area contributed by atoms with E-state index in [1.54, 1.807) is 6.92 Å². The van der Waals surface area contributed by atoms with Crippen molar-refractivity contribution in [3.05, 3.63) is 17.7 Å². The van der Waals surface area contributed by atoms with E-state index < -0.39 is 5.97 Å². The molecule has 1 heterocycles. The number of rotatable bonds is 3. The molecule has 1 aromatic rings. The van der Waals surface area contributed by atoms with Gasteiger partial charge in [-0.1, -0.05) is 0 Å². The van der Waals surface area contributed by atoms with Crippen LogP contribution >= 0.6 is 0 Å². The van der Waals surface area contributed by atoms with Crippen LogP contribution in [-0.4, -0.2) is 32.3 Å². The van der Waals surface area contributed by atoms with Gasteiger partial charge in [-0.2, -0.15) is 0 Å². The molecule has 5 nitrogen and oxygen atoms in total. The average molecular weight is 170 g/mol. The molecule has 1 aromatic heterocycles. The zero-order chi connectivity index (χ0) is 9.14. The minimum atomic E-state index is -1.02. The Morgan fingerprint density at radius 3 is 2.92 bits per heavy atom. The molecule has 0 amide bonds. The van der Waals surface area contributed by atoms with E-state index >= 15 is 0 Å². The Labute approximate surface area is 69.3 Å². The summed E-state index contributed by atoms with van der Waals surface area (Å²) in [6.07, 6.45) is 1.29. The molecule has 0 saturated carbocycles. The Bertz CT molecular complexity index is 293. The molecule has 0 unspecified atom stereocenters. The summed E-state index contributed by atoms with van der Waals surface area (Å²) in [5, 5.41) is 17.3. The number of carboxylic acids is 1. The van der Waals surface area contributed by atoms with Crippen LogP contribution in [0.15, 0.2) is 6.20 Å². The fraction of sp³-hybridized carbons (Fsp3) is 0.429. The van der Waals surface area contributed by atoms with Gasteiger partial charge in [0.2, 0.25) is 0 Å². The number of aromatic carboxylic acids is 1. The number of hydrogen-bond acceptors (Lipinski definition) is 3. The van der Waals surface area contributed by atoms with Crippen LogP contribution in [0, 0.1) is 6.92 Å². The van der Waals surface area contributed by atoms with Crippen LogP contribution in [-0.2, 0) is 6.54 Å². The lowest BCUT2D eigenvalue weighted by Crippen LogP contribution is -2.12. The Morgan fingerprint density at radius 1 is 1.75 bits per heavy atom. The summed E-state index contributed by atoms with van der Waals surface area (Å²) in [6.45, 7) is 1.88. The summed E-state index contributed by atoms with van der Waals surface area (Å²) in [5.41, 5.74) is 0.113. The Hall–Kier alpha value is -1.36. The highest BCUT2D eigenvalue weighted by Crippen LogP contribution is 2.03. The molecule has 0 spiro atoms. The quantitative estimate of drug-likeness (QED) is 0.663. The number of nitrogens with zero attached hydrogens (tertiary/aromatic N) is 2. The van der Waals surface area contributed by atoms with Gasteiger partial charge in [0.25, 0.3) is 0 Å². The lowest BCUT2D eigenvalue weighted by molar-refractivity contribution is 0.0683. The number of hydrogen-bond donors (Lipinski definition) is 2. The van der Waals surface area contributed by atoms with Gasteiger partial charge in [-0.3, -0.25) is 0 Å². The van der Waals surface area contributed by atoms with Crippen LogP contribution in [0.4, 0.5) is 0 Å². The summed E-state index contributed by atoms with van der Waals surface area (Å²) in [5.74, 6) is -0.425. The van der Waals surface area contributed by atoms with Gasteiger partial charge in [-0.15, -0.1) is 0 Å². The minimum Gasteiger partial charge on any atom is -0.477 e. The fourth-order valence-corrected chi connectivity index (χ4v) is 1.02. The molecule has 1 rings (SSSR count). The predicted octanol–water partition coefficient (Wildman–Crippen LogP) is -0.118. The molecule has 0 saturated heterocycles. The summed E-state index contributed by atoms with van der Waals surface area (Å²) < 4.78 is 1.46. The summed E-state index contributed by atoms with van der Waals surface area (Å²) in [6, 6.07) is 0. The van der Waals surface area contributed by atoms with Crippen molar-refractivity contribution in [2.75, 3.05) is 6.61 Å². The van der Waals surface area contributed by atoms with Gasteiger partial charge in [-0.25, -0.2) is 9.78 Å². The standard InChI is InChI=1S/C7H10N2O3/c1-5-8-4-6(7(11)12)9(5)2-3-10/h4,10H,2-3H2,1H3,(H,11,12). The Balaban J connectivity index is 3.03. The van der Waals surface area contributed by atoms with E-state index in [1.165, 1.54) is 10.8 Å². The van der Waals surface area contributed by atoms with Crippen LogP contribution in [0.3, 0.4) is 0 Å². The van der Waals surface area contributed by atoms with Crippen molar-refractivity contribution >= 4 is 5.97 Å². The van der Waals surface area contributed by atoms with E-state index in [0.717, 1.165) is 0 Å². The third-order valence-electron chi connectivity index (χ3n) is 1.60. The first-order chi connectivity index (χ1) is 5.66. The highest BCUT2D eigenvalue weighted by atomic mass is 16.4. The zero-order valence-corrected chi connectivity index (χ0v) is 6.69. The molecule has 0 aliphatic carbocycles. The molecule has 0 aromatic carbocycles. The molecule has 5 heteroatoms. The van der Waals surface area contributed by atoms with E-state index in [2.05, 4.69) is 4.98 Å². The van der Waals surface area contributed by atoms with Gasteiger partial charge in [0.1, 0.15) is 11.5 Å². The molecule has 0 aliphatic heterocycles. The fourth-order valence-electron chi connectivity index (χ4n) is 1.02. The normalized spacial score (nSPS) is 10.2. The van der Waals surface area contributed by atoms with E-state index in [4.69, 9.17) is 10.2 Å². The Morgan fingerprint density at radius 2 is 2.42 bits per heavy atom. The average Bonchev–Trinajstić information content (AvgIpc) is 2.34. The second kappa shape index (κ2) is 3.36. The van der Waals surface area contributed by atoms with Crippen LogP contribution in [0.5, 0.6) is 0 Å². The first-order valence-corrected chi connectivity index (χ1v) is 3.53. The maximum atomic E-state index is 10.6. The molecular weight excluding hydrogens is 160 g/mol. The van der Waals surface area contributed by atoms with Gasteiger partial charge in [-0.05, 0) is 6.92 Å². The third-order valence-corrected chi connectivity index (χ3v) is 1.60. The molecule has 0 radical (unpaired) electrons. The van der Waals surface area contributed by atoms with Crippen LogP contribution in [0.25, 0.3) is 0 Å². The SMILES string of the molecule is Cc1ncc(C(=O)O)n1CCO. The third kappa shape index (κ3) is 1.45. The lowest BCUT2D eigenvalue weighted by Gasteiger charge is -2.03. The van der Waals surface area contributed by atoms with Crippen molar-refractivity contribution in [1.29, 1.82) is 0 Å². The smallest absolute Gasteiger partial charge is 0.354 e. The van der Waals surface area contributed by atoms with Crippen LogP contribution < -0.4 is 0 Å². The van der Waals surface area contributed by atoms with E-state index in [0.29, 0.717) is 5.82 Å². The second-order valence-electron chi connectivity index (χ2n) is 2.37. The van der Waals surface area contributed by atoms with Crippen molar-refractivity contribution in [1.82, 2.24) is 9.55 Å². The monoisotopic (exact) mass is 170 g/mol. The van der Waals surface area contributed by atoms with Crippen molar-refractivity contribution < 1.29 is 15.0 Å². The number of aliphatic hydroxyl groups excluding tert-OH is 1. The number of aryl methyl sites for hydroxylation is 1. The van der Waals surface area contributed by atoms with Gasteiger partial charge >= 0.3 is 5.97 Å². The number of carbonyl (C=O) groups is 1. The number of imidazole rings is 1. The predicted molar refractivity (Wildman–Crippen MR) is 41.0 cm³/mol. The molecule has 2 N–H and O–H groups in total. The molecule has 12 heavy (non-hydrogen) atoms. The van der Waals surface area contributed by atoms with E-state index in [1.807, 2.05) is 0 Å². The summed E-state index contributed by atoms with van der Waals surface area (Å²) in [7, 11) is 0. The topological polar surface area (TPSA) is 75.3 Å². The molecular formula is C7H10N2O3. The van der Waals surface area contributed by atoms with Crippen molar-refractivity contribution in [2.24, 2.45) is 0 Å². The van der Waals surface area contributed by atoms with E-state index in [9.17, 15) is 4.79 Å². The highest BCUT2D eigenvalue weighted by Gasteiger charge is 2.11. The zero-order valence-electron chi connectivity index (χ0n) is 6.69. The summed E-state index contributed by atoms with van der Waals surface area (Å²) in [4.78, 5) is 14.4. The van der Waals surface area contributed by atoms with Crippen molar-refractivity contribution in [3.8, 4) is 0 Å². The number of aliphatic hydroxyl groups is 1. The maximum Gasteiger partial charge on any atom is 0.354 e. The van der Waals surface area contributed by atoms with Gasteiger partial charge in [0, 0.05) is 6.54 Å². The maximum absolute atomic E-state index is 10.6. The summed E-state index contributed by atoms with van der Waals surface area (Å²) >= 11 is 0. The first-order valence-electron chi connectivity index (χ1n) is 3.53.